The van der Waals surface area contributed by atoms with E-state index in [1.54, 1.807) is 7.11 Å². The van der Waals surface area contributed by atoms with Gasteiger partial charge in [0.15, 0.2) is 5.78 Å². The normalized spacial score (nSPS) is 24.8. The minimum Gasteiger partial charge on any atom is -0.497 e. The number of hydrogen-bond donors (Lipinski definition) is 0. The van der Waals surface area contributed by atoms with E-state index in [4.69, 9.17) is 9.47 Å². The molecule has 0 radical (unpaired) electrons. The summed E-state index contributed by atoms with van der Waals surface area (Å²) in [4.78, 5) is 12.6. The molecule has 1 aliphatic carbocycles. The summed E-state index contributed by atoms with van der Waals surface area (Å²) >= 11 is 0. The highest BCUT2D eigenvalue weighted by Crippen LogP contribution is 2.44. The zero-order chi connectivity index (χ0) is 13.3. The second-order valence-electron chi connectivity index (χ2n) is 5.67. The third-order valence-corrected chi connectivity index (χ3v) is 4.48. The van der Waals surface area contributed by atoms with Gasteiger partial charge in [-0.25, -0.2) is 0 Å². The smallest absolute Gasteiger partial charge is 0.166 e. The van der Waals surface area contributed by atoms with Crippen molar-refractivity contribution in [2.45, 2.75) is 37.7 Å². The Hall–Kier alpha value is -1.35. The topological polar surface area (TPSA) is 35.5 Å². The maximum atomic E-state index is 12.6. The Kier molecular flexibility index (Phi) is 3.31. The molecule has 0 amide bonds. The van der Waals surface area contributed by atoms with Gasteiger partial charge in [-0.1, -0.05) is 12.1 Å². The molecule has 102 valence electrons. The first-order valence-electron chi connectivity index (χ1n) is 7.05. The molecule has 2 fully saturated rings. The number of rotatable bonds is 3. The van der Waals surface area contributed by atoms with Crippen molar-refractivity contribution in [1.29, 1.82) is 0 Å². The number of ketones is 1. The van der Waals surface area contributed by atoms with Crippen LogP contribution in [0.5, 0.6) is 5.75 Å². The molecule has 1 atom stereocenters. The molecule has 3 rings (SSSR count). The Morgan fingerprint density at radius 3 is 2.95 bits per heavy atom. The Morgan fingerprint density at radius 1 is 1.42 bits per heavy atom. The summed E-state index contributed by atoms with van der Waals surface area (Å²) < 4.78 is 11.1. The SMILES string of the molecule is COc1cccc(C(=O)C2CCOC3(CCC3)C2)c1. The molecule has 0 N–H and O–H groups in total. The van der Waals surface area contributed by atoms with E-state index in [9.17, 15) is 4.79 Å². The van der Waals surface area contributed by atoms with Gasteiger partial charge in [-0.15, -0.1) is 0 Å². The van der Waals surface area contributed by atoms with E-state index in [1.165, 1.54) is 6.42 Å². The second-order valence-corrected chi connectivity index (χ2v) is 5.67. The summed E-state index contributed by atoms with van der Waals surface area (Å²) in [5.41, 5.74) is 0.790. The third-order valence-electron chi connectivity index (χ3n) is 4.48. The first kappa shape index (κ1) is 12.7. The van der Waals surface area contributed by atoms with Crippen LogP contribution in [0.15, 0.2) is 24.3 Å². The Morgan fingerprint density at radius 2 is 2.26 bits per heavy atom. The van der Waals surface area contributed by atoms with Crippen LogP contribution in [-0.2, 0) is 4.74 Å². The summed E-state index contributed by atoms with van der Waals surface area (Å²) in [6, 6.07) is 7.47. The van der Waals surface area contributed by atoms with Crippen molar-refractivity contribution in [2.24, 2.45) is 5.92 Å². The fourth-order valence-corrected chi connectivity index (χ4v) is 3.18. The zero-order valence-corrected chi connectivity index (χ0v) is 11.4. The molecule has 1 unspecified atom stereocenters. The number of carbonyl (C=O) groups excluding carboxylic acids is 1. The van der Waals surface area contributed by atoms with Gasteiger partial charge in [-0.05, 0) is 44.2 Å². The average Bonchev–Trinajstić information content (AvgIpc) is 2.45. The van der Waals surface area contributed by atoms with Crippen molar-refractivity contribution in [3.05, 3.63) is 29.8 Å². The standard InChI is InChI=1S/C16H20O3/c1-18-14-5-2-4-12(10-14)15(17)13-6-9-19-16(11-13)7-3-8-16/h2,4-5,10,13H,3,6-9,11H2,1H3. The molecule has 1 spiro atoms. The third kappa shape index (κ3) is 2.39. The number of benzene rings is 1. The summed E-state index contributed by atoms with van der Waals surface area (Å²) in [5, 5.41) is 0. The van der Waals surface area contributed by atoms with E-state index in [2.05, 4.69) is 0 Å². The molecule has 1 saturated heterocycles. The van der Waals surface area contributed by atoms with Crippen LogP contribution in [0.25, 0.3) is 0 Å². The van der Waals surface area contributed by atoms with Gasteiger partial charge in [0.1, 0.15) is 5.75 Å². The molecule has 1 aromatic carbocycles. The van der Waals surface area contributed by atoms with Crippen molar-refractivity contribution in [3.8, 4) is 5.75 Å². The molecule has 19 heavy (non-hydrogen) atoms. The van der Waals surface area contributed by atoms with Gasteiger partial charge >= 0.3 is 0 Å². The van der Waals surface area contributed by atoms with Crippen molar-refractivity contribution in [1.82, 2.24) is 0 Å². The van der Waals surface area contributed by atoms with Gasteiger partial charge in [-0.3, -0.25) is 4.79 Å². The van der Waals surface area contributed by atoms with E-state index in [0.29, 0.717) is 0 Å². The van der Waals surface area contributed by atoms with E-state index < -0.39 is 0 Å². The maximum absolute atomic E-state index is 12.6. The van der Waals surface area contributed by atoms with Crippen molar-refractivity contribution in [2.75, 3.05) is 13.7 Å². The zero-order valence-electron chi connectivity index (χ0n) is 11.4. The predicted octanol–water partition coefficient (Wildman–Crippen LogP) is 3.23. The van der Waals surface area contributed by atoms with Crippen molar-refractivity contribution >= 4 is 5.78 Å². The number of ether oxygens (including phenoxy) is 2. The van der Waals surface area contributed by atoms with E-state index in [-0.39, 0.29) is 17.3 Å². The summed E-state index contributed by atoms with van der Waals surface area (Å²) in [6.45, 7) is 0.723. The van der Waals surface area contributed by atoms with E-state index in [0.717, 1.165) is 43.6 Å². The van der Waals surface area contributed by atoms with Crippen LogP contribution >= 0.6 is 0 Å². The molecule has 3 heteroatoms. The minimum absolute atomic E-state index is 0.0252. The van der Waals surface area contributed by atoms with Crippen LogP contribution in [0, 0.1) is 5.92 Å². The summed E-state index contributed by atoms with van der Waals surface area (Å²) in [6.07, 6.45) is 5.21. The average molecular weight is 260 g/mol. The highest BCUT2D eigenvalue weighted by Gasteiger charge is 2.44. The number of methoxy groups -OCH3 is 1. The number of Topliss-reactive ketones (excluding diaryl/α,β-unsaturated/α-hetero) is 1. The van der Waals surface area contributed by atoms with Gasteiger partial charge in [0.25, 0.3) is 0 Å². The van der Waals surface area contributed by atoms with Gasteiger partial charge in [-0.2, -0.15) is 0 Å². The first-order chi connectivity index (χ1) is 9.22. The quantitative estimate of drug-likeness (QED) is 0.783. The highest BCUT2D eigenvalue weighted by atomic mass is 16.5. The fraction of sp³-hybridized carbons (Fsp3) is 0.562. The Bertz CT molecular complexity index is 477. The van der Waals surface area contributed by atoms with Gasteiger partial charge < -0.3 is 9.47 Å². The largest absolute Gasteiger partial charge is 0.497 e. The van der Waals surface area contributed by atoms with Crippen LogP contribution < -0.4 is 4.74 Å². The van der Waals surface area contributed by atoms with Crippen LogP contribution in [0.1, 0.15) is 42.5 Å². The molecule has 1 aliphatic heterocycles. The Labute approximate surface area is 113 Å². The predicted molar refractivity (Wildman–Crippen MR) is 72.6 cm³/mol. The summed E-state index contributed by atoms with van der Waals surface area (Å²) in [5.74, 6) is 1.10. The van der Waals surface area contributed by atoms with Crippen LogP contribution in [0.2, 0.25) is 0 Å². The monoisotopic (exact) mass is 260 g/mol. The lowest BCUT2D eigenvalue weighted by atomic mass is 9.70. The second kappa shape index (κ2) is 4.97. The van der Waals surface area contributed by atoms with Crippen LogP contribution in [0.3, 0.4) is 0 Å². The lowest BCUT2D eigenvalue weighted by Gasteiger charge is -2.46. The van der Waals surface area contributed by atoms with Crippen LogP contribution in [0.4, 0.5) is 0 Å². The molecular formula is C16H20O3. The van der Waals surface area contributed by atoms with Gasteiger partial charge in [0.2, 0.25) is 0 Å². The minimum atomic E-state index is 0.0252. The summed E-state index contributed by atoms with van der Waals surface area (Å²) in [7, 11) is 1.63. The molecule has 1 aromatic rings. The maximum Gasteiger partial charge on any atom is 0.166 e. The molecule has 1 heterocycles. The molecule has 0 aromatic heterocycles. The molecule has 0 bridgehead atoms. The molecule has 1 saturated carbocycles. The fourth-order valence-electron chi connectivity index (χ4n) is 3.18. The van der Waals surface area contributed by atoms with Crippen molar-refractivity contribution in [3.63, 3.8) is 0 Å². The lowest BCUT2D eigenvalue weighted by Crippen LogP contribution is -2.47. The van der Waals surface area contributed by atoms with Gasteiger partial charge in [0, 0.05) is 18.1 Å². The molecular weight excluding hydrogens is 240 g/mol. The van der Waals surface area contributed by atoms with Crippen molar-refractivity contribution < 1.29 is 14.3 Å². The van der Waals surface area contributed by atoms with E-state index >= 15 is 0 Å². The molecule has 2 aliphatic rings. The first-order valence-corrected chi connectivity index (χ1v) is 7.05. The number of carbonyl (C=O) groups is 1. The lowest BCUT2D eigenvalue weighted by molar-refractivity contribution is -0.137. The Balaban J connectivity index is 1.75. The van der Waals surface area contributed by atoms with E-state index in [1.807, 2.05) is 24.3 Å². The molecule has 3 nitrogen and oxygen atoms in total. The highest BCUT2D eigenvalue weighted by molar-refractivity contribution is 5.98. The number of hydrogen-bond acceptors (Lipinski definition) is 3. The van der Waals surface area contributed by atoms with Gasteiger partial charge in [0.05, 0.1) is 12.7 Å². The van der Waals surface area contributed by atoms with Crippen LogP contribution in [-0.4, -0.2) is 25.1 Å².